The van der Waals surface area contributed by atoms with Crippen LogP contribution in [-0.2, 0) is 6.54 Å². The molecule has 5 nitrogen and oxygen atoms in total. The number of nitrogens with one attached hydrogen (secondary N) is 3. The molecule has 2 aromatic heterocycles. The van der Waals surface area contributed by atoms with Gasteiger partial charge in [0.25, 0.3) is 0 Å². The maximum atomic E-state index is 9.32. The number of hydrogen-bond donors (Lipinski definition) is 3. The van der Waals surface area contributed by atoms with Gasteiger partial charge in [0.05, 0.1) is 11.6 Å². The van der Waals surface area contributed by atoms with Gasteiger partial charge in [-0.05, 0) is 43.0 Å². The Labute approximate surface area is 145 Å². The van der Waals surface area contributed by atoms with Crippen LogP contribution < -0.4 is 5.32 Å². The molecule has 2 heterocycles. The molecule has 3 rings (SSSR count). The topological polar surface area (TPSA) is 80.3 Å². The number of benzene rings is 1. The Bertz CT molecular complexity index is 916. The highest BCUT2D eigenvalue weighted by atomic mass is 35.5. The van der Waals surface area contributed by atoms with Crippen molar-refractivity contribution in [2.24, 2.45) is 0 Å². The van der Waals surface area contributed by atoms with Crippen LogP contribution in [0.1, 0.15) is 28.1 Å². The van der Waals surface area contributed by atoms with Crippen LogP contribution in [0, 0.1) is 32.1 Å². The molecule has 0 bridgehead atoms. The molecule has 0 aliphatic heterocycles. The van der Waals surface area contributed by atoms with Gasteiger partial charge in [0, 0.05) is 23.7 Å². The Morgan fingerprint density at radius 3 is 2.71 bits per heavy atom. The molecule has 0 saturated carbocycles. The molecule has 0 aliphatic rings. The second-order valence-corrected chi connectivity index (χ2v) is 6.13. The Hall–Kier alpha value is -2.71. The van der Waals surface area contributed by atoms with E-state index in [1.807, 2.05) is 0 Å². The first-order chi connectivity index (χ1) is 11.5. The molecule has 122 valence electrons. The first-order valence-electron chi connectivity index (χ1n) is 7.63. The van der Waals surface area contributed by atoms with Crippen LogP contribution in [0.4, 0.5) is 5.95 Å². The van der Waals surface area contributed by atoms with Gasteiger partial charge in [-0.25, -0.2) is 4.98 Å². The van der Waals surface area contributed by atoms with Gasteiger partial charge in [0.15, 0.2) is 5.95 Å². The lowest BCUT2D eigenvalue weighted by Gasteiger charge is -2.13. The van der Waals surface area contributed by atoms with Crippen molar-refractivity contribution in [3.63, 3.8) is 0 Å². The van der Waals surface area contributed by atoms with Crippen molar-refractivity contribution in [3.8, 4) is 17.2 Å². The van der Waals surface area contributed by atoms with E-state index < -0.39 is 0 Å². The van der Waals surface area contributed by atoms with Gasteiger partial charge in [0.2, 0.25) is 0 Å². The number of nitriles is 1. The quantitative estimate of drug-likeness (QED) is 0.656. The lowest BCUT2D eigenvalue weighted by Crippen LogP contribution is -2.03. The van der Waals surface area contributed by atoms with Gasteiger partial charge in [-0.1, -0.05) is 23.7 Å². The van der Waals surface area contributed by atoms with Gasteiger partial charge < -0.3 is 15.3 Å². The van der Waals surface area contributed by atoms with E-state index in [1.165, 1.54) is 16.7 Å². The maximum absolute atomic E-state index is 9.32. The highest BCUT2D eigenvalue weighted by Crippen LogP contribution is 2.37. The number of rotatable bonds is 4. The van der Waals surface area contributed by atoms with Gasteiger partial charge in [0.1, 0.15) is 11.8 Å². The Kier molecular flexibility index (Phi) is 4.32. The number of nitrogens with zero attached hydrogens (tertiary/aromatic N) is 2. The molecule has 0 fully saturated rings. The molecule has 0 spiro atoms. The van der Waals surface area contributed by atoms with E-state index in [2.05, 4.69) is 59.2 Å². The molecule has 0 unspecified atom stereocenters. The maximum Gasteiger partial charge on any atom is 0.200 e. The molecule has 1 aromatic carbocycles. The summed E-state index contributed by atoms with van der Waals surface area (Å²) in [4.78, 5) is 10.3. The van der Waals surface area contributed by atoms with E-state index in [-0.39, 0.29) is 0 Å². The third-order valence-corrected chi connectivity index (χ3v) is 4.76. The molecular weight excluding hydrogens is 322 g/mol. The average molecular weight is 340 g/mol. The number of hydrogen-bond acceptors (Lipinski definition) is 3. The minimum Gasteiger partial charge on any atom is -0.350 e. The molecule has 0 amide bonds. The minimum atomic E-state index is 0.375. The Morgan fingerprint density at radius 2 is 2.04 bits per heavy atom. The monoisotopic (exact) mass is 339 g/mol. The summed E-state index contributed by atoms with van der Waals surface area (Å²) in [5, 5.41) is 13.0. The standard InChI is InChI=1S/C18H18ClN5/c1-10-4-5-13(12(3)11(10)2)16-15(24-14(8-20)17(16)19)9-23-18-21-6-7-22-18/h4-7,24H,9H2,1-3H3,(H2,21,22,23). The number of aromatic amines is 2. The first kappa shape index (κ1) is 16.2. The predicted molar refractivity (Wildman–Crippen MR) is 96.1 cm³/mol. The molecule has 0 atom stereocenters. The average Bonchev–Trinajstić information content (AvgIpc) is 3.19. The fourth-order valence-electron chi connectivity index (χ4n) is 2.78. The number of aryl methyl sites for hydroxylation is 1. The summed E-state index contributed by atoms with van der Waals surface area (Å²) in [6.45, 7) is 6.75. The first-order valence-corrected chi connectivity index (χ1v) is 8.01. The second-order valence-electron chi connectivity index (χ2n) is 5.75. The summed E-state index contributed by atoms with van der Waals surface area (Å²) < 4.78 is 0. The number of halogens is 1. The van der Waals surface area contributed by atoms with Crippen molar-refractivity contribution in [1.82, 2.24) is 15.0 Å². The molecule has 3 N–H and O–H groups in total. The third kappa shape index (κ3) is 2.77. The normalized spacial score (nSPS) is 10.6. The van der Waals surface area contributed by atoms with Crippen LogP contribution in [0.2, 0.25) is 5.02 Å². The molecule has 0 saturated heterocycles. The summed E-state index contributed by atoms with van der Waals surface area (Å²) in [7, 11) is 0. The van der Waals surface area contributed by atoms with E-state index >= 15 is 0 Å². The van der Waals surface area contributed by atoms with Crippen LogP contribution in [-0.4, -0.2) is 15.0 Å². The highest BCUT2D eigenvalue weighted by molar-refractivity contribution is 6.34. The van der Waals surface area contributed by atoms with Gasteiger partial charge in [-0.3, -0.25) is 0 Å². The molecule has 3 aromatic rings. The number of anilines is 1. The van der Waals surface area contributed by atoms with Crippen molar-refractivity contribution >= 4 is 17.5 Å². The SMILES string of the molecule is Cc1ccc(-c2c(CNc3ncc[nH]3)[nH]c(C#N)c2Cl)c(C)c1C. The van der Waals surface area contributed by atoms with Crippen molar-refractivity contribution in [2.45, 2.75) is 27.3 Å². The molecule has 0 aliphatic carbocycles. The number of H-pyrrole nitrogens is 2. The van der Waals surface area contributed by atoms with Crippen molar-refractivity contribution < 1.29 is 0 Å². The van der Waals surface area contributed by atoms with Crippen molar-refractivity contribution in [3.05, 3.63) is 57.6 Å². The smallest absolute Gasteiger partial charge is 0.200 e. The van der Waals surface area contributed by atoms with E-state index in [0.717, 1.165) is 16.8 Å². The van der Waals surface area contributed by atoms with E-state index in [0.29, 0.717) is 23.2 Å². The van der Waals surface area contributed by atoms with Crippen LogP contribution in [0.5, 0.6) is 0 Å². The summed E-state index contributed by atoms with van der Waals surface area (Å²) >= 11 is 6.48. The van der Waals surface area contributed by atoms with E-state index in [1.54, 1.807) is 12.4 Å². The molecule has 6 heteroatoms. The zero-order valence-electron chi connectivity index (χ0n) is 13.8. The largest absolute Gasteiger partial charge is 0.350 e. The zero-order chi connectivity index (χ0) is 17.3. The van der Waals surface area contributed by atoms with Crippen LogP contribution in [0.25, 0.3) is 11.1 Å². The fraction of sp³-hybridized carbons (Fsp3) is 0.222. The fourth-order valence-corrected chi connectivity index (χ4v) is 3.08. The van der Waals surface area contributed by atoms with Crippen LogP contribution >= 0.6 is 11.6 Å². The van der Waals surface area contributed by atoms with Crippen molar-refractivity contribution in [2.75, 3.05) is 5.32 Å². The molecule has 24 heavy (non-hydrogen) atoms. The number of aromatic nitrogens is 3. The second kappa shape index (κ2) is 6.42. The Morgan fingerprint density at radius 1 is 1.25 bits per heavy atom. The summed E-state index contributed by atoms with van der Waals surface area (Å²) in [5.74, 6) is 0.669. The van der Waals surface area contributed by atoms with Crippen LogP contribution in [0.15, 0.2) is 24.5 Å². The van der Waals surface area contributed by atoms with E-state index in [9.17, 15) is 5.26 Å². The summed E-state index contributed by atoms with van der Waals surface area (Å²) in [5.41, 5.74) is 6.77. The highest BCUT2D eigenvalue weighted by Gasteiger charge is 2.20. The predicted octanol–water partition coefficient (Wildman–Crippen LogP) is 4.47. The third-order valence-electron chi connectivity index (χ3n) is 4.39. The number of imidazole rings is 1. The van der Waals surface area contributed by atoms with Gasteiger partial charge in [-0.2, -0.15) is 5.26 Å². The van der Waals surface area contributed by atoms with Gasteiger partial charge in [-0.15, -0.1) is 0 Å². The van der Waals surface area contributed by atoms with Crippen LogP contribution in [0.3, 0.4) is 0 Å². The van der Waals surface area contributed by atoms with Gasteiger partial charge >= 0.3 is 0 Å². The van der Waals surface area contributed by atoms with Crippen molar-refractivity contribution in [1.29, 1.82) is 5.26 Å². The molecule has 0 radical (unpaired) electrons. The minimum absolute atomic E-state index is 0.375. The molecular formula is C18H18ClN5. The van der Waals surface area contributed by atoms with E-state index in [4.69, 9.17) is 11.6 Å². The Balaban J connectivity index is 2.08. The summed E-state index contributed by atoms with van der Waals surface area (Å²) in [6.07, 6.45) is 3.43. The lowest BCUT2D eigenvalue weighted by atomic mass is 9.94. The zero-order valence-corrected chi connectivity index (χ0v) is 14.5. The lowest BCUT2D eigenvalue weighted by molar-refractivity contribution is 1.04. The summed E-state index contributed by atoms with van der Waals surface area (Å²) in [6, 6.07) is 6.27.